The summed E-state index contributed by atoms with van der Waals surface area (Å²) in [4.78, 5) is 0. The van der Waals surface area contributed by atoms with E-state index in [1.54, 1.807) is 0 Å². The molecule has 1 nitrogen and oxygen atoms in total. The summed E-state index contributed by atoms with van der Waals surface area (Å²) in [6, 6.07) is 23.2. The van der Waals surface area contributed by atoms with Crippen LogP contribution in [0.1, 0.15) is 51.2 Å². The van der Waals surface area contributed by atoms with E-state index in [1.165, 1.54) is 60.3 Å². The van der Waals surface area contributed by atoms with Gasteiger partial charge < -0.3 is 5.32 Å². The first-order valence-electron chi connectivity index (χ1n) is 14.9. The molecule has 3 aliphatic rings. The molecule has 0 saturated heterocycles. The van der Waals surface area contributed by atoms with Gasteiger partial charge in [-0.2, -0.15) is 0 Å². The van der Waals surface area contributed by atoms with Crippen LogP contribution in [0.2, 0.25) is 0 Å². The van der Waals surface area contributed by atoms with Crippen molar-refractivity contribution in [3.8, 4) is 0 Å². The number of dihydropyridines is 1. The van der Waals surface area contributed by atoms with Crippen LogP contribution in [0.25, 0.3) is 21.9 Å². The average Bonchev–Trinajstić information content (AvgIpc) is 3.00. The lowest BCUT2D eigenvalue weighted by molar-refractivity contribution is 0.711. The van der Waals surface area contributed by atoms with Crippen LogP contribution >= 0.6 is 0 Å². The van der Waals surface area contributed by atoms with Gasteiger partial charge in [0.15, 0.2) is 0 Å². The minimum atomic E-state index is 0.303. The first-order valence-corrected chi connectivity index (χ1v) is 14.9. The Hall–Kier alpha value is -4.10. The minimum absolute atomic E-state index is 0.303. The largest absolute Gasteiger partial charge is 0.379 e. The molecule has 0 bridgehead atoms. The lowest BCUT2D eigenvalue weighted by Gasteiger charge is -2.29. The van der Waals surface area contributed by atoms with Gasteiger partial charge in [-0.3, -0.25) is 0 Å². The van der Waals surface area contributed by atoms with Crippen molar-refractivity contribution in [2.75, 3.05) is 0 Å². The van der Waals surface area contributed by atoms with Crippen molar-refractivity contribution in [3.05, 3.63) is 154 Å². The number of rotatable bonds is 6. The standard InChI is InChI=1S/C39H39N/c1-4-6-7-14-31-26-37(29-20-22-30(23-21-29)38-19-12-13-27(3)40-38)34-17-10-11-18-35(34)39(31)36-25-24-28(5-2)32-15-8-9-16-33(32)36/h4,6-20,22,24-25,27,31,40H,5,21,23,26H2,1-3H3/b6-4-,14-7-. The zero-order valence-corrected chi connectivity index (χ0v) is 24.0. The summed E-state index contributed by atoms with van der Waals surface area (Å²) in [5, 5.41) is 9.14. The average molecular weight is 522 g/mol. The highest BCUT2D eigenvalue weighted by Gasteiger charge is 2.25. The lowest BCUT2D eigenvalue weighted by atomic mass is 9.76. The van der Waals surface area contributed by atoms with Crippen LogP contribution in [-0.4, -0.2) is 6.04 Å². The van der Waals surface area contributed by atoms with Crippen molar-refractivity contribution in [3.63, 3.8) is 0 Å². The monoisotopic (exact) mass is 521 g/mol. The van der Waals surface area contributed by atoms with Gasteiger partial charge in [0.1, 0.15) is 0 Å². The van der Waals surface area contributed by atoms with Gasteiger partial charge in [0, 0.05) is 17.7 Å². The number of hydrogen-bond acceptors (Lipinski definition) is 1. The van der Waals surface area contributed by atoms with Crippen LogP contribution in [0.15, 0.2) is 132 Å². The van der Waals surface area contributed by atoms with Gasteiger partial charge in [0.05, 0.1) is 0 Å². The molecule has 0 radical (unpaired) electrons. The molecule has 3 aromatic rings. The summed E-state index contributed by atoms with van der Waals surface area (Å²) in [6.07, 6.45) is 24.5. The highest BCUT2D eigenvalue weighted by molar-refractivity contribution is 5.97. The molecule has 6 rings (SSSR count). The van der Waals surface area contributed by atoms with E-state index < -0.39 is 0 Å². The predicted octanol–water partition coefficient (Wildman–Crippen LogP) is 7.98. The predicted molar refractivity (Wildman–Crippen MR) is 172 cm³/mol. The first-order chi connectivity index (χ1) is 19.7. The van der Waals surface area contributed by atoms with E-state index in [0.29, 0.717) is 12.0 Å². The second kappa shape index (κ2) is 11.6. The van der Waals surface area contributed by atoms with Crippen molar-refractivity contribution in [1.82, 2.24) is 5.32 Å². The van der Waals surface area contributed by atoms with Crippen LogP contribution in [0.5, 0.6) is 0 Å². The number of benzene rings is 3. The van der Waals surface area contributed by atoms with E-state index in [4.69, 9.17) is 0 Å². The number of nitrogens with one attached hydrogen (secondary N) is 1. The van der Waals surface area contributed by atoms with Gasteiger partial charge in [0.2, 0.25) is 0 Å². The topological polar surface area (TPSA) is 12.0 Å². The maximum Gasteiger partial charge on any atom is 0.0419 e. The van der Waals surface area contributed by atoms with Gasteiger partial charge in [-0.15, -0.1) is 0 Å². The first kappa shape index (κ1) is 26.1. The van der Waals surface area contributed by atoms with Crippen LogP contribution < -0.4 is 15.8 Å². The molecule has 2 aliphatic carbocycles. The van der Waals surface area contributed by atoms with E-state index in [0.717, 1.165) is 25.7 Å². The summed E-state index contributed by atoms with van der Waals surface area (Å²) in [5.74, 6) is 0.303. The molecule has 0 spiro atoms. The second-order valence-electron chi connectivity index (χ2n) is 11.1. The number of aryl methyl sites for hydroxylation is 1. The van der Waals surface area contributed by atoms with Gasteiger partial charge in [-0.25, -0.2) is 0 Å². The lowest BCUT2D eigenvalue weighted by Crippen LogP contribution is -2.36. The summed E-state index contributed by atoms with van der Waals surface area (Å²) in [7, 11) is 0. The molecule has 3 aromatic carbocycles. The Morgan fingerprint density at radius 1 is 0.825 bits per heavy atom. The molecule has 0 fully saturated rings. The smallest absolute Gasteiger partial charge is 0.0419 e. The van der Waals surface area contributed by atoms with E-state index in [9.17, 15) is 0 Å². The van der Waals surface area contributed by atoms with Crippen LogP contribution in [0, 0.1) is 5.92 Å². The van der Waals surface area contributed by atoms with Crippen molar-refractivity contribution >= 4 is 21.9 Å². The molecule has 1 heteroatoms. The highest BCUT2D eigenvalue weighted by Crippen LogP contribution is 2.38. The number of hydrogen-bond donors (Lipinski definition) is 1. The Morgan fingerprint density at radius 3 is 2.33 bits per heavy atom. The Balaban J connectivity index is 1.56. The maximum atomic E-state index is 3.63. The Bertz CT molecular complexity index is 1750. The molecular formula is C39H39N. The summed E-state index contributed by atoms with van der Waals surface area (Å²) in [6.45, 7) is 6.55. The SMILES string of the molecule is C/C=C\C=C/C1CC(C2=CC=C(C3=CC=CC(C)N3)CC2)=c2ccccc2=C1c1ccc(CC)c2ccccc12. The quantitative estimate of drug-likeness (QED) is 0.324. The van der Waals surface area contributed by atoms with Crippen molar-refractivity contribution in [1.29, 1.82) is 0 Å². The third-order valence-electron chi connectivity index (χ3n) is 8.60. The summed E-state index contributed by atoms with van der Waals surface area (Å²) >= 11 is 0. The van der Waals surface area contributed by atoms with Crippen LogP contribution in [0.3, 0.4) is 0 Å². The Morgan fingerprint density at radius 2 is 1.57 bits per heavy atom. The molecule has 2 unspecified atom stereocenters. The molecular weight excluding hydrogens is 482 g/mol. The van der Waals surface area contributed by atoms with Gasteiger partial charge >= 0.3 is 0 Å². The van der Waals surface area contributed by atoms with E-state index in [2.05, 4.69) is 141 Å². The molecule has 2 atom stereocenters. The number of fused-ring (bicyclic) bond motifs is 2. The van der Waals surface area contributed by atoms with Crippen LogP contribution in [-0.2, 0) is 6.42 Å². The van der Waals surface area contributed by atoms with Crippen molar-refractivity contribution < 1.29 is 0 Å². The fraction of sp³-hybridized carbons (Fsp3) is 0.231. The van der Waals surface area contributed by atoms with Crippen LogP contribution in [0.4, 0.5) is 0 Å². The van der Waals surface area contributed by atoms with Crippen molar-refractivity contribution in [2.24, 2.45) is 5.92 Å². The molecule has 0 aromatic heterocycles. The zero-order valence-electron chi connectivity index (χ0n) is 24.0. The van der Waals surface area contributed by atoms with E-state index in [1.807, 2.05) is 0 Å². The maximum absolute atomic E-state index is 3.63. The normalized spacial score (nSPS) is 20.9. The van der Waals surface area contributed by atoms with Gasteiger partial charge in [0.25, 0.3) is 0 Å². The third kappa shape index (κ3) is 4.97. The molecule has 1 aliphatic heterocycles. The Kier molecular flexibility index (Phi) is 7.55. The van der Waals surface area contributed by atoms with E-state index in [-0.39, 0.29) is 0 Å². The third-order valence-corrected chi connectivity index (χ3v) is 8.60. The molecule has 200 valence electrons. The van der Waals surface area contributed by atoms with E-state index >= 15 is 0 Å². The fourth-order valence-corrected chi connectivity index (χ4v) is 6.61. The molecule has 1 heterocycles. The molecule has 40 heavy (non-hydrogen) atoms. The summed E-state index contributed by atoms with van der Waals surface area (Å²) in [5.41, 5.74) is 9.88. The molecule has 0 amide bonds. The second-order valence-corrected chi connectivity index (χ2v) is 11.1. The number of allylic oxidation sites excluding steroid dienone is 10. The zero-order chi connectivity index (χ0) is 27.5. The van der Waals surface area contributed by atoms with Crippen molar-refractivity contribution in [2.45, 2.75) is 52.5 Å². The minimum Gasteiger partial charge on any atom is -0.379 e. The van der Waals surface area contributed by atoms with Gasteiger partial charge in [-0.05, 0) is 100 Å². The van der Waals surface area contributed by atoms with Gasteiger partial charge in [-0.1, -0.05) is 116 Å². The highest BCUT2D eigenvalue weighted by atomic mass is 14.9. The summed E-state index contributed by atoms with van der Waals surface area (Å²) < 4.78 is 0. The Labute approximate surface area is 239 Å². The molecule has 0 saturated carbocycles. The fourth-order valence-electron chi connectivity index (χ4n) is 6.61. The molecule has 1 N–H and O–H groups in total.